The van der Waals surface area contributed by atoms with E-state index in [1.807, 2.05) is 6.07 Å². The largest absolute Gasteiger partial charge is 0.391 e. The molecule has 0 aliphatic carbocycles. The number of halogens is 3. The van der Waals surface area contributed by atoms with Crippen molar-refractivity contribution in [1.82, 2.24) is 15.1 Å². The SMILES string of the molecule is Cc1cc(C)n(C(C)C(=O)NC(CC(F)(F)F)c2ccccc2)n1. The van der Waals surface area contributed by atoms with Crippen molar-refractivity contribution >= 4 is 5.91 Å². The number of amides is 1. The van der Waals surface area contributed by atoms with Gasteiger partial charge in [-0.05, 0) is 32.4 Å². The van der Waals surface area contributed by atoms with Gasteiger partial charge in [0, 0.05) is 5.69 Å². The lowest BCUT2D eigenvalue weighted by atomic mass is 10.0. The van der Waals surface area contributed by atoms with Gasteiger partial charge >= 0.3 is 6.18 Å². The second-order valence-corrected chi connectivity index (χ2v) is 5.84. The Labute approximate surface area is 138 Å². The summed E-state index contributed by atoms with van der Waals surface area (Å²) in [6, 6.07) is 8.15. The fourth-order valence-electron chi connectivity index (χ4n) is 2.61. The first-order valence-electron chi connectivity index (χ1n) is 7.62. The summed E-state index contributed by atoms with van der Waals surface area (Å²) >= 11 is 0. The Kier molecular flexibility index (Phi) is 5.31. The molecular weight excluding hydrogens is 319 g/mol. The van der Waals surface area contributed by atoms with E-state index < -0.39 is 30.6 Å². The molecule has 130 valence electrons. The number of carbonyl (C=O) groups excluding carboxylic acids is 1. The van der Waals surface area contributed by atoms with E-state index in [0.29, 0.717) is 5.56 Å². The molecular formula is C17H20F3N3O. The highest BCUT2D eigenvalue weighted by Gasteiger charge is 2.34. The van der Waals surface area contributed by atoms with Crippen LogP contribution in [0.1, 0.15) is 42.4 Å². The molecule has 24 heavy (non-hydrogen) atoms. The molecule has 0 saturated carbocycles. The normalized spacial score (nSPS) is 14.2. The highest BCUT2D eigenvalue weighted by atomic mass is 19.4. The number of aryl methyl sites for hydroxylation is 2. The minimum Gasteiger partial charge on any atom is -0.347 e. The summed E-state index contributed by atoms with van der Waals surface area (Å²) in [7, 11) is 0. The van der Waals surface area contributed by atoms with Gasteiger partial charge < -0.3 is 5.32 Å². The molecule has 2 aromatic rings. The van der Waals surface area contributed by atoms with Gasteiger partial charge in [0.25, 0.3) is 0 Å². The molecule has 0 bridgehead atoms. The number of rotatable bonds is 5. The smallest absolute Gasteiger partial charge is 0.347 e. The molecule has 0 aliphatic heterocycles. The van der Waals surface area contributed by atoms with E-state index >= 15 is 0 Å². The minimum atomic E-state index is -4.38. The van der Waals surface area contributed by atoms with Crippen molar-refractivity contribution in [2.45, 2.75) is 45.5 Å². The molecule has 1 amide bonds. The van der Waals surface area contributed by atoms with E-state index in [4.69, 9.17) is 0 Å². The van der Waals surface area contributed by atoms with Gasteiger partial charge in [0.1, 0.15) is 6.04 Å². The number of hydrogen-bond donors (Lipinski definition) is 1. The van der Waals surface area contributed by atoms with Crippen LogP contribution in [0.15, 0.2) is 36.4 Å². The van der Waals surface area contributed by atoms with Crippen molar-refractivity contribution in [1.29, 1.82) is 0 Å². The Morgan fingerprint density at radius 2 is 1.88 bits per heavy atom. The van der Waals surface area contributed by atoms with E-state index in [1.54, 1.807) is 51.1 Å². The van der Waals surface area contributed by atoms with E-state index in [1.165, 1.54) is 4.68 Å². The van der Waals surface area contributed by atoms with Crippen molar-refractivity contribution in [3.05, 3.63) is 53.3 Å². The maximum Gasteiger partial charge on any atom is 0.391 e. The first kappa shape index (κ1) is 18.0. The molecule has 2 atom stereocenters. The molecule has 7 heteroatoms. The molecule has 0 saturated heterocycles. The summed E-state index contributed by atoms with van der Waals surface area (Å²) in [6.45, 7) is 5.21. The summed E-state index contributed by atoms with van der Waals surface area (Å²) in [5.41, 5.74) is 1.95. The summed E-state index contributed by atoms with van der Waals surface area (Å²) in [4.78, 5) is 12.4. The number of alkyl halides is 3. The molecule has 0 spiro atoms. The number of nitrogens with zero attached hydrogens (tertiary/aromatic N) is 2. The van der Waals surface area contributed by atoms with Gasteiger partial charge in [0.15, 0.2) is 0 Å². The summed E-state index contributed by atoms with van der Waals surface area (Å²) in [6.07, 6.45) is -5.50. The van der Waals surface area contributed by atoms with Crippen LogP contribution in [0.25, 0.3) is 0 Å². The first-order valence-corrected chi connectivity index (χ1v) is 7.62. The molecule has 1 heterocycles. The highest BCUT2D eigenvalue weighted by molar-refractivity contribution is 5.80. The second-order valence-electron chi connectivity index (χ2n) is 5.84. The van der Waals surface area contributed by atoms with Gasteiger partial charge in [-0.25, -0.2) is 0 Å². The maximum absolute atomic E-state index is 12.9. The Morgan fingerprint density at radius 1 is 1.25 bits per heavy atom. The predicted molar refractivity (Wildman–Crippen MR) is 84.4 cm³/mol. The monoisotopic (exact) mass is 339 g/mol. The van der Waals surface area contributed by atoms with E-state index in [-0.39, 0.29) is 0 Å². The standard InChI is InChI=1S/C17H20F3N3O/c1-11-9-12(2)23(22-11)13(3)16(24)21-15(10-17(18,19)20)14-7-5-4-6-8-14/h4-9,13,15H,10H2,1-3H3,(H,21,24). The zero-order valence-corrected chi connectivity index (χ0v) is 13.8. The first-order chi connectivity index (χ1) is 11.2. The molecule has 0 fully saturated rings. The van der Waals surface area contributed by atoms with Crippen molar-refractivity contribution in [3.63, 3.8) is 0 Å². The highest BCUT2D eigenvalue weighted by Crippen LogP contribution is 2.30. The van der Waals surface area contributed by atoms with Crippen LogP contribution in [0.2, 0.25) is 0 Å². The van der Waals surface area contributed by atoms with Gasteiger partial charge in [-0.3, -0.25) is 9.48 Å². The van der Waals surface area contributed by atoms with Crippen molar-refractivity contribution in [3.8, 4) is 0 Å². The molecule has 1 aromatic carbocycles. The predicted octanol–water partition coefficient (Wildman–Crippen LogP) is 3.87. The van der Waals surface area contributed by atoms with Crippen molar-refractivity contribution in [2.75, 3.05) is 0 Å². The molecule has 2 rings (SSSR count). The van der Waals surface area contributed by atoms with Crippen molar-refractivity contribution in [2.24, 2.45) is 0 Å². The number of nitrogens with one attached hydrogen (secondary N) is 1. The van der Waals surface area contributed by atoms with Crippen LogP contribution in [0.3, 0.4) is 0 Å². The Balaban J connectivity index is 2.19. The average molecular weight is 339 g/mol. The Morgan fingerprint density at radius 3 is 2.38 bits per heavy atom. The van der Waals surface area contributed by atoms with E-state index in [0.717, 1.165) is 11.4 Å². The zero-order valence-electron chi connectivity index (χ0n) is 13.8. The topological polar surface area (TPSA) is 46.9 Å². The molecule has 1 N–H and O–H groups in total. The fourth-order valence-corrected chi connectivity index (χ4v) is 2.61. The van der Waals surface area contributed by atoms with Crippen LogP contribution in [0.4, 0.5) is 13.2 Å². The van der Waals surface area contributed by atoms with E-state index in [9.17, 15) is 18.0 Å². The van der Waals surface area contributed by atoms with Crippen LogP contribution in [-0.4, -0.2) is 21.9 Å². The number of carbonyl (C=O) groups is 1. The van der Waals surface area contributed by atoms with Crippen LogP contribution in [0, 0.1) is 13.8 Å². The lowest BCUT2D eigenvalue weighted by molar-refractivity contribution is -0.143. The molecule has 2 unspecified atom stereocenters. The van der Waals surface area contributed by atoms with Gasteiger partial charge in [0.2, 0.25) is 5.91 Å². The third kappa shape index (κ3) is 4.59. The number of aromatic nitrogens is 2. The van der Waals surface area contributed by atoms with Gasteiger partial charge in [-0.15, -0.1) is 0 Å². The zero-order chi connectivity index (χ0) is 17.9. The molecule has 4 nitrogen and oxygen atoms in total. The molecule has 0 aliphatic rings. The van der Waals surface area contributed by atoms with Crippen LogP contribution >= 0.6 is 0 Å². The Bertz CT molecular complexity index is 695. The van der Waals surface area contributed by atoms with Gasteiger partial charge in [-0.2, -0.15) is 18.3 Å². The average Bonchev–Trinajstić information content (AvgIpc) is 2.84. The molecule has 0 radical (unpaired) electrons. The third-order valence-electron chi connectivity index (χ3n) is 3.74. The summed E-state index contributed by atoms with van der Waals surface area (Å²) in [5, 5.41) is 6.72. The van der Waals surface area contributed by atoms with Gasteiger partial charge in [0.05, 0.1) is 18.2 Å². The van der Waals surface area contributed by atoms with Crippen LogP contribution < -0.4 is 5.32 Å². The quantitative estimate of drug-likeness (QED) is 0.899. The Hall–Kier alpha value is -2.31. The van der Waals surface area contributed by atoms with E-state index in [2.05, 4.69) is 10.4 Å². The second kappa shape index (κ2) is 7.07. The van der Waals surface area contributed by atoms with Gasteiger partial charge in [-0.1, -0.05) is 30.3 Å². The third-order valence-corrected chi connectivity index (χ3v) is 3.74. The number of hydrogen-bond acceptors (Lipinski definition) is 2. The summed E-state index contributed by atoms with van der Waals surface area (Å²) in [5.74, 6) is -0.501. The fraction of sp³-hybridized carbons (Fsp3) is 0.412. The van der Waals surface area contributed by atoms with Crippen LogP contribution in [-0.2, 0) is 4.79 Å². The van der Waals surface area contributed by atoms with Crippen LogP contribution in [0.5, 0.6) is 0 Å². The maximum atomic E-state index is 12.9. The minimum absolute atomic E-state index is 0.420. The number of benzene rings is 1. The molecule has 1 aromatic heterocycles. The lowest BCUT2D eigenvalue weighted by Crippen LogP contribution is -2.36. The summed E-state index contributed by atoms with van der Waals surface area (Å²) < 4.78 is 40.1. The lowest BCUT2D eigenvalue weighted by Gasteiger charge is -2.23. The van der Waals surface area contributed by atoms with Crippen molar-refractivity contribution < 1.29 is 18.0 Å².